The maximum atomic E-state index is 8.52. The average Bonchev–Trinajstić information content (AvgIpc) is 3.16. The van der Waals surface area contributed by atoms with E-state index >= 15 is 0 Å². The smallest absolute Gasteiger partial charge is 0.112 e. The monoisotopic (exact) mass is 718 g/mol. The largest absolute Gasteiger partial charge is 0.759 e. The molecule has 4 nitrogen and oxygen atoms in total. The molecule has 0 saturated heterocycles. The molecular weight excluding hydrogens is 674 g/mol. The van der Waals surface area contributed by atoms with E-state index in [4.69, 9.17) is 17.5 Å². The molecule has 0 aliphatic heterocycles. The van der Waals surface area contributed by atoms with Gasteiger partial charge in [-0.05, 0) is 98.5 Å². The Morgan fingerprint density at radius 3 is 0.660 bits per heavy atom. The molecule has 0 amide bonds. The molecular formula is C43H44O4P2S. The van der Waals surface area contributed by atoms with E-state index in [1.165, 1.54) is 76.3 Å². The Morgan fingerprint density at radius 2 is 0.480 bits per heavy atom. The van der Waals surface area contributed by atoms with Crippen LogP contribution in [0, 0.1) is 0 Å². The van der Waals surface area contributed by atoms with Crippen molar-refractivity contribution in [3.63, 3.8) is 0 Å². The van der Waals surface area contributed by atoms with E-state index in [0.29, 0.717) is 0 Å². The SMILES string of the molecule is O=S(=O)([O-])[O-].c1ccc([P+](CCCCCCC[P+](c2ccccc2)(c2ccccc2)c2ccccc2)(c2ccccc2)c2ccccc2)cc1. The van der Waals surface area contributed by atoms with Crippen LogP contribution in [0.15, 0.2) is 182 Å². The Kier molecular flexibility index (Phi) is 13.7. The molecule has 0 N–H and O–H groups in total. The summed E-state index contributed by atoms with van der Waals surface area (Å²) in [5.41, 5.74) is 0. The van der Waals surface area contributed by atoms with Crippen LogP contribution in [0.2, 0.25) is 0 Å². The van der Waals surface area contributed by atoms with Gasteiger partial charge in [-0.25, -0.2) is 0 Å². The van der Waals surface area contributed by atoms with Gasteiger partial charge >= 0.3 is 0 Å². The van der Waals surface area contributed by atoms with Crippen LogP contribution in [0.3, 0.4) is 0 Å². The van der Waals surface area contributed by atoms with Crippen LogP contribution >= 0.6 is 14.5 Å². The summed E-state index contributed by atoms with van der Waals surface area (Å²) < 4.78 is 34.1. The van der Waals surface area contributed by atoms with Crippen LogP contribution in [0.5, 0.6) is 0 Å². The molecule has 0 saturated carbocycles. The van der Waals surface area contributed by atoms with Crippen LogP contribution in [0.4, 0.5) is 0 Å². The standard InChI is InChI=1S/C43H44P2.H2O4S/c1(2-22-36-44(38-24-10-4-11-25-38,39-26-12-5-13-27-39)40-28-14-6-15-29-40)3-23-37-45(41-30-16-7-17-31-41,42-32-18-8-19-33-42)43-34-20-9-21-35-43;1-5(2,3)4/h4-21,24-35H,1-3,22-23,36-37H2;(H2,1,2,3,4)/q+2;/p-2. The molecule has 0 unspecified atom stereocenters. The van der Waals surface area contributed by atoms with E-state index in [9.17, 15) is 0 Å². The Labute approximate surface area is 299 Å². The van der Waals surface area contributed by atoms with Crippen LogP contribution in [0.25, 0.3) is 0 Å². The molecule has 256 valence electrons. The highest BCUT2D eigenvalue weighted by atomic mass is 32.3. The summed E-state index contributed by atoms with van der Waals surface area (Å²) in [4.78, 5) is 0. The van der Waals surface area contributed by atoms with Crippen molar-refractivity contribution in [2.24, 2.45) is 0 Å². The predicted molar refractivity (Wildman–Crippen MR) is 214 cm³/mol. The van der Waals surface area contributed by atoms with Gasteiger partial charge < -0.3 is 9.11 Å². The first-order chi connectivity index (χ1) is 24.3. The Hall–Kier alpha value is -3.95. The highest BCUT2D eigenvalue weighted by molar-refractivity contribution is 7.96. The second-order valence-electron chi connectivity index (χ2n) is 12.3. The van der Waals surface area contributed by atoms with E-state index < -0.39 is 24.9 Å². The van der Waals surface area contributed by atoms with Gasteiger partial charge in [0.1, 0.15) is 46.4 Å². The van der Waals surface area contributed by atoms with Crippen molar-refractivity contribution in [1.82, 2.24) is 0 Å². The maximum Gasteiger partial charge on any atom is 0.112 e. The average molecular weight is 719 g/mol. The van der Waals surface area contributed by atoms with Crippen molar-refractivity contribution in [2.75, 3.05) is 12.3 Å². The summed E-state index contributed by atoms with van der Waals surface area (Å²) >= 11 is 0. The Balaban J connectivity index is 0.000000908. The van der Waals surface area contributed by atoms with Crippen molar-refractivity contribution in [3.8, 4) is 0 Å². The molecule has 0 heterocycles. The number of rotatable bonds is 14. The third-order valence-electron chi connectivity index (χ3n) is 9.17. The Morgan fingerprint density at radius 1 is 0.320 bits per heavy atom. The van der Waals surface area contributed by atoms with Gasteiger partial charge in [0.05, 0.1) is 12.3 Å². The van der Waals surface area contributed by atoms with Crippen LogP contribution < -0.4 is 31.8 Å². The third kappa shape index (κ3) is 9.63. The minimum atomic E-state index is -5.17. The molecule has 0 radical (unpaired) electrons. The van der Waals surface area contributed by atoms with Crippen molar-refractivity contribution < 1.29 is 17.5 Å². The molecule has 0 bridgehead atoms. The second-order valence-corrected chi connectivity index (χ2v) is 20.3. The lowest BCUT2D eigenvalue weighted by Crippen LogP contribution is -2.33. The summed E-state index contributed by atoms with van der Waals surface area (Å²) in [6.45, 7) is 0. The lowest BCUT2D eigenvalue weighted by molar-refractivity contribution is 0.352. The topological polar surface area (TPSA) is 80.3 Å². The van der Waals surface area contributed by atoms with Gasteiger partial charge in [0.15, 0.2) is 0 Å². The molecule has 6 aromatic carbocycles. The molecule has 0 aromatic heterocycles. The van der Waals surface area contributed by atoms with E-state index in [2.05, 4.69) is 182 Å². The van der Waals surface area contributed by atoms with Crippen molar-refractivity contribution in [3.05, 3.63) is 182 Å². The molecule has 6 aromatic rings. The van der Waals surface area contributed by atoms with Gasteiger partial charge in [0, 0.05) is 10.4 Å². The summed E-state index contributed by atoms with van der Waals surface area (Å²) in [7, 11) is -8.67. The minimum Gasteiger partial charge on any atom is -0.759 e. The third-order valence-corrected chi connectivity index (χ3v) is 18.2. The first-order valence-electron chi connectivity index (χ1n) is 17.1. The van der Waals surface area contributed by atoms with E-state index in [0.717, 1.165) is 0 Å². The van der Waals surface area contributed by atoms with Gasteiger partial charge in [-0.15, -0.1) is 0 Å². The van der Waals surface area contributed by atoms with E-state index in [1.54, 1.807) is 0 Å². The molecule has 0 atom stereocenters. The fourth-order valence-electron chi connectivity index (χ4n) is 6.99. The first-order valence-corrected chi connectivity index (χ1v) is 22.4. The first kappa shape index (κ1) is 37.3. The summed E-state index contributed by atoms with van der Waals surface area (Å²) in [6.07, 6.45) is 8.70. The highest BCUT2D eigenvalue weighted by Gasteiger charge is 2.45. The molecule has 0 fully saturated rings. The molecule has 0 spiro atoms. The number of benzene rings is 6. The number of hydrogen-bond donors (Lipinski definition) is 0. The zero-order valence-corrected chi connectivity index (χ0v) is 30.8. The lowest BCUT2D eigenvalue weighted by atomic mass is 10.2. The van der Waals surface area contributed by atoms with Gasteiger partial charge in [0.25, 0.3) is 0 Å². The fraction of sp³-hybridized carbons (Fsp3) is 0.163. The minimum absolute atomic E-state index is 1.21. The lowest BCUT2D eigenvalue weighted by Gasteiger charge is -2.28. The van der Waals surface area contributed by atoms with Gasteiger partial charge in [-0.3, -0.25) is 8.42 Å². The van der Waals surface area contributed by atoms with Crippen LogP contribution in [0.1, 0.15) is 32.1 Å². The van der Waals surface area contributed by atoms with Crippen LogP contribution in [-0.2, 0) is 10.4 Å². The van der Waals surface area contributed by atoms with E-state index in [-0.39, 0.29) is 0 Å². The van der Waals surface area contributed by atoms with Crippen molar-refractivity contribution >= 4 is 56.8 Å². The van der Waals surface area contributed by atoms with E-state index in [1.807, 2.05) is 0 Å². The fourth-order valence-corrected chi connectivity index (χ4v) is 15.8. The predicted octanol–water partition coefficient (Wildman–Crippen LogP) is 7.59. The summed E-state index contributed by atoms with van der Waals surface area (Å²) in [5, 5.41) is 8.95. The zero-order chi connectivity index (χ0) is 35.1. The number of hydrogen-bond acceptors (Lipinski definition) is 4. The molecule has 0 aliphatic rings. The molecule has 0 aliphatic carbocycles. The van der Waals surface area contributed by atoms with Gasteiger partial charge in [-0.2, -0.15) is 0 Å². The van der Waals surface area contributed by atoms with Gasteiger partial charge in [0.2, 0.25) is 0 Å². The highest BCUT2D eigenvalue weighted by Crippen LogP contribution is 2.57. The van der Waals surface area contributed by atoms with Gasteiger partial charge in [-0.1, -0.05) is 116 Å². The second kappa shape index (κ2) is 18.3. The zero-order valence-electron chi connectivity index (χ0n) is 28.2. The van der Waals surface area contributed by atoms with Crippen molar-refractivity contribution in [1.29, 1.82) is 0 Å². The van der Waals surface area contributed by atoms with Crippen molar-refractivity contribution in [2.45, 2.75) is 32.1 Å². The molecule has 7 heteroatoms. The molecule has 50 heavy (non-hydrogen) atoms. The number of unbranched alkanes of at least 4 members (excludes halogenated alkanes) is 4. The normalized spacial score (nSPS) is 11.7. The molecule has 6 rings (SSSR count). The Bertz CT molecular complexity index is 1610. The van der Waals surface area contributed by atoms with Crippen LogP contribution in [-0.4, -0.2) is 29.8 Å². The summed E-state index contributed by atoms with van der Waals surface area (Å²) in [5.74, 6) is 0. The quantitative estimate of drug-likeness (QED) is 0.0504. The summed E-state index contributed by atoms with van der Waals surface area (Å²) in [6, 6.07) is 68.0. The maximum absolute atomic E-state index is 8.52.